The lowest BCUT2D eigenvalue weighted by atomic mass is 10.2. The van der Waals surface area contributed by atoms with Crippen molar-refractivity contribution in [1.29, 1.82) is 0 Å². The van der Waals surface area contributed by atoms with Crippen LogP contribution in [0.25, 0.3) is 0 Å². The molecule has 4 nitrogen and oxygen atoms in total. The van der Waals surface area contributed by atoms with Crippen molar-refractivity contribution in [2.75, 3.05) is 30.8 Å². The molecule has 1 aromatic heterocycles. The van der Waals surface area contributed by atoms with Crippen LogP contribution < -0.4 is 10.6 Å². The molecule has 0 saturated carbocycles. The number of aromatic nitrogens is 1. The predicted octanol–water partition coefficient (Wildman–Crippen LogP) is 1.83. The van der Waals surface area contributed by atoms with E-state index < -0.39 is 0 Å². The lowest BCUT2D eigenvalue weighted by Gasteiger charge is -2.19. The Kier molecular flexibility index (Phi) is 4.55. The zero-order valence-corrected chi connectivity index (χ0v) is 10.5. The molecule has 16 heavy (non-hydrogen) atoms. The van der Waals surface area contributed by atoms with Crippen LogP contribution in [0.15, 0.2) is 12.3 Å². The van der Waals surface area contributed by atoms with Gasteiger partial charge >= 0.3 is 0 Å². The monoisotopic (exact) mass is 223 g/mol. The normalized spacial score (nSPS) is 10.8. The first-order valence-electron chi connectivity index (χ1n) is 5.55. The Morgan fingerprint density at radius 1 is 1.50 bits per heavy atom. The average Bonchev–Trinajstić information content (AvgIpc) is 2.21. The molecule has 1 rings (SSSR count). The van der Waals surface area contributed by atoms with Crippen molar-refractivity contribution < 1.29 is 4.74 Å². The molecule has 1 heterocycles. The highest BCUT2D eigenvalue weighted by Crippen LogP contribution is 2.16. The molecular weight excluding hydrogens is 202 g/mol. The molecule has 0 bridgehead atoms. The van der Waals surface area contributed by atoms with E-state index in [1.165, 1.54) is 0 Å². The van der Waals surface area contributed by atoms with Gasteiger partial charge in [-0.15, -0.1) is 0 Å². The highest BCUT2D eigenvalue weighted by Gasteiger charge is 2.04. The maximum absolute atomic E-state index is 5.84. The highest BCUT2D eigenvalue weighted by molar-refractivity contribution is 5.54. The molecule has 0 saturated heterocycles. The number of ether oxygens (including phenoxy) is 1. The van der Waals surface area contributed by atoms with E-state index in [-0.39, 0.29) is 6.10 Å². The van der Waals surface area contributed by atoms with Crippen molar-refractivity contribution in [3.8, 4) is 0 Å². The number of nitrogens with zero attached hydrogens (tertiary/aromatic N) is 2. The van der Waals surface area contributed by atoms with Crippen LogP contribution in [0.4, 0.5) is 11.5 Å². The number of hydrogen-bond acceptors (Lipinski definition) is 4. The van der Waals surface area contributed by atoms with Gasteiger partial charge in [0.15, 0.2) is 0 Å². The number of rotatable bonds is 5. The fourth-order valence-corrected chi connectivity index (χ4v) is 1.28. The van der Waals surface area contributed by atoms with Crippen molar-refractivity contribution in [2.45, 2.75) is 26.9 Å². The van der Waals surface area contributed by atoms with Crippen molar-refractivity contribution in [3.63, 3.8) is 0 Å². The van der Waals surface area contributed by atoms with Gasteiger partial charge in [-0.25, -0.2) is 4.98 Å². The summed E-state index contributed by atoms with van der Waals surface area (Å²) in [5.74, 6) is 0.885. The molecule has 90 valence electrons. The lowest BCUT2D eigenvalue weighted by molar-refractivity contribution is 0.0845. The second kappa shape index (κ2) is 5.70. The maximum Gasteiger partial charge on any atom is 0.130 e. The Bertz CT molecular complexity index is 339. The van der Waals surface area contributed by atoms with Crippen molar-refractivity contribution in [1.82, 2.24) is 4.98 Å². The Hall–Kier alpha value is -1.29. The number of pyridine rings is 1. The molecule has 4 heteroatoms. The molecule has 0 aliphatic heterocycles. The van der Waals surface area contributed by atoms with Gasteiger partial charge in [-0.1, -0.05) is 0 Å². The van der Waals surface area contributed by atoms with Gasteiger partial charge in [0.25, 0.3) is 0 Å². The number of nitrogens with two attached hydrogens (primary N) is 1. The number of nitrogen functional groups attached to an aromatic ring is 1. The summed E-state index contributed by atoms with van der Waals surface area (Å²) in [5.41, 5.74) is 7.63. The molecule has 0 unspecified atom stereocenters. The standard InChI is InChI=1S/C12H21N3O/c1-9(2)16-6-5-15(4)12-7-11(13)10(3)8-14-12/h7-9H,5-6H2,1-4H3,(H2,13,14). The first kappa shape index (κ1) is 12.8. The average molecular weight is 223 g/mol. The minimum Gasteiger partial charge on any atom is -0.398 e. The molecule has 0 aliphatic carbocycles. The first-order valence-corrected chi connectivity index (χ1v) is 5.55. The minimum atomic E-state index is 0.268. The summed E-state index contributed by atoms with van der Waals surface area (Å²) in [6.45, 7) is 7.52. The quantitative estimate of drug-likeness (QED) is 0.827. The summed E-state index contributed by atoms with van der Waals surface area (Å²) in [7, 11) is 1.99. The van der Waals surface area contributed by atoms with Gasteiger partial charge in [-0.2, -0.15) is 0 Å². The van der Waals surface area contributed by atoms with Crippen molar-refractivity contribution in [2.24, 2.45) is 0 Å². The molecule has 0 aromatic carbocycles. The number of likely N-dealkylation sites (N-methyl/N-ethyl adjacent to an activating group) is 1. The highest BCUT2D eigenvalue weighted by atomic mass is 16.5. The number of aryl methyl sites for hydroxylation is 1. The van der Waals surface area contributed by atoms with E-state index in [4.69, 9.17) is 10.5 Å². The van der Waals surface area contributed by atoms with E-state index in [0.717, 1.165) is 23.6 Å². The van der Waals surface area contributed by atoms with Crippen LogP contribution in [0.5, 0.6) is 0 Å². The SMILES string of the molecule is Cc1cnc(N(C)CCOC(C)C)cc1N. The van der Waals surface area contributed by atoms with Crippen LogP contribution in [-0.4, -0.2) is 31.3 Å². The smallest absolute Gasteiger partial charge is 0.130 e. The van der Waals surface area contributed by atoms with Gasteiger partial charge in [0.2, 0.25) is 0 Å². The van der Waals surface area contributed by atoms with E-state index in [2.05, 4.69) is 4.98 Å². The molecule has 0 radical (unpaired) electrons. The molecule has 0 fully saturated rings. The fraction of sp³-hybridized carbons (Fsp3) is 0.583. The topological polar surface area (TPSA) is 51.4 Å². The summed E-state index contributed by atoms with van der Waals surface area (Å²) in [6, 6.07) is 1.89. The van der Waals surface area contributed by atoms with Crippen LogP contribution >= 0.6 is 0 Å². The summed E-state index contributed by atoms with van der Waals surface area (Å²) >= 11 is 0. The molecule has 0 aliphatic rings. The van der Waals surface area contributed by atoms with Gasteiger partial charge in [0, 0.05) is 31.5 Å². The molecule has 0 atom stereocenters. The third kappa shape index (κ3) is 3.70. The first-order chi connectivity index (χ1) is 7.50. The zero-order valence-electron chi connectivity index (χ0n) is 10.5. The Morgan fingerprint density at radius 2 is 2.19 bits per heavy atom. The van der Waals surface area contributed by atoms with E-state index in [1.807, 2.05) is 38.8 Å². The molecule has 0 spiro atoms. The second-order valence-corrected chi connectivity index (χ2v) is 4.24. The lowest BCUT2D eigenvalue weighted by Crippen LogP contribution is -2.24. The van der Waals surface area contributed by atoms with Crippen LogP contribution in [0.2, 0.25) is 0 Å². The van der Waals surface area contributed by atoms with Gasteiger partial charge < -0.3 is 15.4 Å². The second-order valence-electron chi connectivity index (χ2n) is 4.24. The molecular formula is C12H21N3O. The maximum atomic E-state index is 5.84. The third-order valence-electron chi connectivity index (χ3n) is 2.40. The van der Waals surface area contributed by atoms with Crippen LogP contribution in [0.1, 0.15) is 19.4 Å². The third-order valence-corrected chi connectivity index (χ3v) is 2.40. The fourth-order valence-electron chi connectivity index (χ4n) is 1.28. The van der Waals surface area contributed by atoms with E-state index >= 15 is 0 Å². The van der Waals surface area contributed by atoms with E-state index in [0.29, 0.717) is 6.61 Å². The molecule has 0 amide bonds. The summed E-state index contributed by atoms with van der Waals surface area (Å²) in [4.78, 5) is 6.37. The van der Waals surface area contributed by atoms with E-state index in [1.54, 1.807) is 6.20 Å². The van der Waals surface area contributed by atoms with Crippen molar-refractivity contribution >= 4 is 11.5 Å². The van der Waals surface area contributed by atoms with Crippen LogP contribution in [0, 0.1) is 6.92 Å². The molecule has 2 N–H and O–H groups in total. The minimum absolute atomic E-state index is 0.268. The zero-order chi connectivity index (χ0) is 12.1. The Morgan fingerprint density at radius 3 is 2.75 bits per heavy atom. The van der Waals surface area contributed by atoms with Gasteiger partial charge in [0.1, 0.15) is 5.82 Å². The summed E-state index contributed by atoms with van der Waals surface area (Å²) in [5, 5.41) is 0. The number of hydrogen-bond donors (Lipinski definition) is 1. The van der Waals surface area contributed by atoms with Crippen molar-refractivity contribution in [3.05, 3.63) is 17.8 Å². The predicted molar refractivity (Wildman–Crippen MR) is 67.7 cm³/mol. The van der Waals surface area contributed by atoms with Crippen LogP contribution in [-0.2, 0) is 4.74 Å². The number of anilines is 2. The van der Waals surface area contributed by atoms with Gasteiger partial charge in [-0.3, -0.25) is 0 Å². The largest absolute Gasteiger partial charge is 0.398 e. The van der Waals surface area contributed by atoms with Gasteiger partial charge in [0.05, 0.1) is 12.7 Å². The summed E-state index contributed by atoms with van der Waals surface area (Å²) in [6.07, 6.45) is 2.06. The Balaban J connectivity index is 2.52. The van der Waals surface area contributed by atoms with Gasteiger partial charge in [-0.05, 0) is 26.3 Å². The molecule has 1 aromatic rings. The van der Waals surface area contributed by atoms with Crippen LogP contribution in [0.3, 0.4) is 0 Å². The van der Waals surface area contributed by atoms with E-state index in [9.17, 15) is 0 Å². The Labute approximate surface area is 97.4 Å². The summed E-state index contributed by atoms with van der Waals surface area (Å²) < 4.78 is 5.49.